The molecule has 0 unspecified atom stereocenters. The molecule has 1 aromatic carbocycles. The SMILES string of the molecule is CN(CC(=O)O)S(=O)(=O)Nc1cc([N+](=O)[O-])ccc1O. The van der Waals surface area contributed by atoms with Crippen molar-refractivity contribution in [2.24, 2.45) is 0 Å². The van der Waals surface area contributed by atoms with E-state index in [9.17, 15) is 28.4 Å². The summed E-state index contributed by atoms with van der Waals surface area (Å²) in [5, 5.41) is 28.5. The van der Waals surface area contributed by atoms with Crippen molar-refractivity contribution in [2.75, 3.05) is 18.3 Å². The van der Waals surface area contributed by atoms with Crippen LogP contribution in [0.5, 0.6) is 5.75 Å². The van der Waals surface area contributed by atoms with Gasteiger partial charge in [0, 0.05) is 19.2 Å². The van der Waals surface area contributed by atoms with Crippen molar-refractivity contribution < 1.29 is 28.3 Å². The van der Waals surface area contributed by atoms with Gasteiger partial charge in [-0.05, 0) is 6.07 Å². The third-order valence-corrected chi connectivity index (χ3v) is 3.63. The van der Waals surface area contributed by atoms with Gasteiger partial charge in [0.25, 0.3) is 5.69 Å². The molecule has 0 spiro atoms. The number of carboxylic acid groups (broad SMARTS) is 1. The van der Waals surface area contributed by atoms with Gasteiger partial charge in [-0.1, -0.05) is 0 Å². The van der Waals surface area contributed by atoms with Gasteiger partial charge in [0.15, 0.2) is 0 Å². The van der Waals surface area contributed by atoms with E-state index in [-0.39, 0.29) is 0 Å². The molecule has 0 aliphatic heterocycles. The van der Waals surface area contributed by atoms with Crippen molar-refractivity contribution in [2.45, 2.75) is 0 Å². The summed E-state index contributed by atoms with van der Waals surface area (Å²) in [7, 11) is -3.25. The van der Waals surface area contributed by atoms with Gasteiger partial charge in [-0.25, -0.2) is 0 Å². The average molecular weight is 305 g/mol. The van der Waals surface area contributed by atoms with Crippen molar-refractivity contribution in [3.63, 3.8) is 0 Å². The lowest BCUT2D eigenvalue weighted by molar-refractivity contribution is -0.384. The number of nitro groups is 1. The highest BCUT2D eigenvalue weighted by molar-refractivity contribution is 7.90. The van der Waals surface area contributed by atoms with E-state index in [1.807, 2.05) is 4.72 Å². The fourth-order valence-electron chi connectivity index (χ4n) is 1.21. The number of phenols is 1. The molecule has 0 aliphatic rings. The maximum Gasteiger partial charge on any atom is 0.318 e. The molecule has 3 N–H and O–H groups in total. The van der Waals surface area contributed by atoms with Crippen molar-refractivity contribution in [1.29, 1.82) is 0 Å². The summed E-state index contributed by atoms with van der Waals surface area (Å²) in [5.74, 6) is -1.90. The van der Waals surface area contributed by atoms with Crippen LogP contribution in [0.2, 0.25) is 0 Å². The fraction of sp³-hybridized carbons (Fsp3) is 0.222. The van der Waals surface area contributed by atoms with Gasteiger partial charge in [-0.15, -0.1) is 0 Å². The smallest absolute Gasteiger partial charge is 0.318 e. The number of nitrogens with one attached hydrogen (secondary N) is 1. The van der Waals surface area contributed by atoms with E-state index in [4.69, 9.17) is 5.11 Å². The van der Waals surface area contributed by atoms with Crippen LogP contribution >= 0.6 is 0 Å². The van der Waals surface area contributed by atoms with Gasteiger partial charge in [0.05, 0.1) is 10.6 Å². The van der Waals surface area contributed by atoms with Crippen LogP contribution in [0.3, 0.4) is 0 Å². The minimum atomic E-state index is -4.25. The first-order chi connectivity index (χ1) is 9.13. The predicted molar refractivity (Wildman–Crippen MR) is 67.6 cm³/mol. The Balaban J connectivity index is 3.06. The largest absolute Gasteiger partial charge is 0.506 e. The number of hydrogen-bond acceptors (Lipinski definition) is 6. The molecule has 110 valence electrons. The van der Waals surface area contributed by atoms with E-state index < -0.39 is 44.8 Å². The molecule has 11 heteroatoms. The Morgan fingerprint density at radius 1 is 1.50 bits per heavy atom. The fourth-order valence-corrected chi connectivity index (χ4v) is 2.09. The normalized spacial score (nSPS) is 11.3. The molecule has 0 amide bonds. The number of non-ortho nitro benzene ring substituents is 1. The van der Waals surface area contributed by atoms with Gasteiger partial charge >= 0.3 is 16.2 Å². The highest BCUT2D eigenvalue weighted by Gasteiger charge is 2.22. The molecule has 0 aromatic heterocycles. The lowest BCUT2D eigenvalue weighted by Crippen LogP contribution is -2.36. The van der Waals surface area contributed by atoms with Crippen LogP contribution in [-0.4, -0.2) is 47.4 Å². The summed E-state index contributed by atoms with van der Waals surface area (Å²) < 4.78 is 25.8. The zero-order valence-electron chi connectivity index (χ0n) is 10.2. The first-order valence-electron chi connectivity index (χ1n) is 5.07. The van der Waals surface area contributed by atoms with E-state index in [1.54, 1.807) is 0 Å². The van der Waals surface area contributed by atoms with Crippen molar-refractivity contribution in [1.82, 2.24) is 4.31 Å². The molecule has 10 nitrogen and oxygen atoms in total. The number of hydrogen-bond donors (Lipinski definition) is 3. The Labute approximate surface area is 113 Å². The Hall–Kier alpha value is -2.40. The highest BCUT2D eigenvalue weighted by atomic mass is 32.2. The van der Waals surface area contributed by atoms with Gasteiger partial charge < -0.3 is 10.2 Å². The molecule has 0 aliphatic carbocycles. The molecule has 0 bridgehead atoms. The molecular formula is C9H11N3O7S. The van der Waals surface area contributed by atoms with Crippen LogP contribution < -0.4 is 4.72 Å². The molecule has 0 atom stereocenters. The summed E-state index contributed by atoms with van der Waals surface area (Å²) in [6.07, 6.45) is 0. The Kier molecular flexibility index (Phi) is 4.47. The molecule has 20 heavy (non-hydrogen) atoms. The maximum absolute atomic E-state index is 11.7. The highest BCUT2D eigenvalue weighted by Crippen LogP contribution is 2.28. The molecule has 0 fully saturated rings. The van der Waals surface area contributed by atoms with Gasteiger partial charge in [-0.3, -0.25) is 19.6 Å². The molecule has 0 saturated heterocycles. The van der Waals surface area contributed by atoms with Crippen molar-refractivity contribution in [3.8, 4) is 5.75 Å². The number of anilines is 1. The van der Waals surface area contributed by atoms with Crippen LogP contribution in [-0.2, 0) is 15.0 Å². The topological polar surface area (TPSA) is 150 Å². The van der Waals surface area contributed by atoms with E-state index >= 15 is 0 Å². The second-order valence-electron chi connectivity index (χ2n) is 3.72. The van der Waals surface area contributed by atoms with Gasteiger partial charge in [-0.2, -0.15) is 12.7 Å². The van der Waals surface area contributed by atoms with E-state index in [2.05, 4.69) is 0 Å². The minimum absolute atomic E-state index is 0.420. The summed E-state index contributed by atoms with van der Waals surface area (Å²) in [6.45, 7) is -0.801. The monoisotopic (exact) mass is 305 g/mol. The number of carbonyl (C=O) groups is 1. The van der Waals surface area contributed by atoms with Crippen LogP contribution in [0, 0.1) is 10.1 Å². The standard InChI is InChI=1S/C9H11N3O7S/c1-11(5-9(14)15)20(18,19)10-7-4-6(12(16)17)2-3-8(7)13/h2-4,10,13H,5H2,1H3,(H,14,15). The molecular weight excluding hydrogens is 294 g/mol. The van der Waals surface area contributed by atoms with E-state index in [0.717, 1.165) is 25.2 Å². The average Bonchev–Trinajstić information content (AvgIpc) is 2.30. The van der Waals surface area contributed by atoms with Gasteiger partial charge in [0.2, 0.25) is 0 Å². The number of carboxylic acids is 1. The molecule has 0 radical (unpaired) electrons. The second kappa shape index (κ2) is 5.71. The number of benzene rings is 1. The molecule has 0 heterocycles. The molecule has 1 aromatic rings. The van der Waals surface area contributed by atoms with Crippen molar-refractivity contribution >= 4 is 27.6 Å². The van der Waals surface area contributed by atoms with Crippen LogP contribution in [0.4, 0.5) is 11.4 Å². The number of likely N-dealkylation sites (N-methyl/N-ethyl adjacent to an activating group) is 1. The van der Waals surface area contributed by atoms with Crippen molar-refractivity contribution in [3.05, 3.63) is 28.3 Å². The van der Waals surface area contributed by atoms with E-state index in [1.165, 1.54) is 0 Å². The number of nitrogens with zero attached hydrogens (tertiary/aromatic N) is 2. The lowest BCUT2D eigenvalue weighted by atomic mass is 10.2. The van der Waals surface area contributed by atoms with Crippen LogP contribution in [0.15, 0.2) is 18.2 Å². The Bertz CT molecular complexity index is 643. The van der Waals surface area contributed by atoms with Crippen LogP contribution in [0.25, 0.3) is 0 Å². The Morgan fingerprint density at radius 2 is 2.10 bits per heavy atom. The number of phenolic OH excluding ortho intramolecular Hbond substituents is 1. The second-order valence-corrected chi connectivity index (χ2v) is 5.49. The summed E-state index contributed by atoms with van der Waals surface area (Å²) in [5.41, 5.74) is -0.849. The third-order valence-electron chi connectivity index (χ3n) is 2.20. The maximum atomic E-state index is 11.7. The quantitative estimate of drug-likeness (QED) is 0.379. The first kappa shape index (κ1) is 15.7. The predicted octanol–water partition coefficient (Wildman–Crippen LogP) is -0.0265. The number of aromatic hydroxyl groups is 1. The number of nitro benzene ring substituents is 1. The first-order valence-corrected chi connectivity index (χ1v) is 6.51. The summed E-state index contributed by atoms with van der Waals surface area (Å²) in [6, 6.07) is 2.77. The minimum Gasteiger partial charge on any atom is -0.506 e. The summed E-state index contributed by atoms with van der Waals surface area (Å²) in [4.78, 5) is 20.2. The van der Waals surface area contributed by atoms with Gasteiger partial charge in [0.1, 0.15) is 12.3 Å². The Morgan fingerprint density at radius 3 is 2.60 bits per heavy atom. The summed E-state index contributed by atoms with van der Waals surface area (Å²) >= 11 is 0. The van der Waals surface area contributed by atoms with Crippen LogP contribution in [0.1, 0.15) is 0 Å². The molecule has 0 saturated carbocycles. The number of aliphatic carboxylic acids is 1. The zero-order valence-corrected chi connectivity index (χ0v) is 11.0. The molecule has 1 rings (SSSR count). The number of rotatable bonds is 6. The van der Waals surface area contributed by atoms with E-state index in [0.29, 0.717) is 4.31 Å². The third kappa shape index (κ3) is 3.80. The zero-order chi connectivity index (χ0) is 15.5. The lowest BCUT2D eigenvalue weighted by Gasteiger charge is -2.16.